The molecule has 53 heavy (non-hydrogen) atoms. The van der Waals surface area contributed by atoms with Crippen LogP contribution in [-0.4, -0.2) is 78.1 Å². The zero-order valence-corrected chi connectivity index (χ0v) is 30.0. The minimum Gasteiger partial charge on any atom is -0.493 e. The maximum absolute atomic E-state index is 13.6. The molecule has 1 aromatic carbocycles. The number of ketones is 2. The minimum absolute atomic E-state index is 0.0201. The number of hydrogen-bond acceptors (Lipinski definition) is 15. The predicted molar refractivity (Wildman–Crippen MR) is 181 cm³/mol. The molecule has 5 rings (SSSR count). The Bertz CT molecular complexity index is 1630. The van der Waals surface area contributed by atoms with Crippen molar-refractivity contribution in [1.29, 1.82) is 0 Å². The lowest BCUT2D eigenvalue weighted by molar-refractivity contribution is -0.790. The Balaban J connectivity index is 1.10. The van der Waals surface area contributed by atoms with Gasteiger partial charge in [-0.25, -0.2) is 9.59 Å². The molecule has 1 N–H and O–H groups in total. The first-order valence-corrected chi connectivity index (χ1v) is 17.9. The van der Waals surface area contributed by atoms with Crippen molar-refractivity contribution in [2.24, 2.45) is 34.5 Å². The first-order valence-electron chi connectivity index (χ1n) is 17.9. The summed E-state index contributed by atoms with van der Waals surface area (Å²) in [5.41, 5.74) is 0.540. The number of carbonyl (C=O) groups is 4. The molecular weight excluding hydrogens is 700 g/mol. The van der Waals surface area contributed by atoms with E-state index in [1.165, 1.54) is 25.3 Å². The summed E-state index contributed by atoms with van der Waals surface area (Å²) in [6, 6.07) is 3.94. The zero-order valence-electron chi connectivity index (χ0n) is 30.0. The summed E-state index contributed by atoms with van der Waals surface area (Å²) in [6.45, 7) is 3.06. The van der Waals surface area contributed by atoms with E-state index < -0.39 is 59.1 Å². The summed E-state index contributed by atoms with van der Waals surface area (Å²) in [6.07, 6.45) is 4.32. The Morgan fingerprint density at radius 3 is 2.51 bits per heavy atom. The summed E-state index contributed by atoms with van der Waals surface area (Å²) in [4.78, 5) is 80.5. The number of methoxy groups -OCH3 is 1. The van der Waals surface area contributed by atoms with E-state index in [-0.39, 0.29) is 77.7 Å². The van der Waals surface area contributed by atoms with Crippen LogP contribution < -0.4 is 9.47 Å². The van der Waals surface area contributed by atoms with Crippen LogP contribution in [0.15, 0.2) is 29.8 Å². The van der Waals surface area contributed by atoms with Gasteiger partial charge in [-0.1, -0.05) is 19.4 Å². The highest BCUT2D eigenvalue weighted by Crippen LogP contribution is 2.66. The molecule has 4 aliphatic rings. The van der Waals surface area contributed by atoms with E-state index >= 15 is 0 Å². The minimum atomic E-state index is -1.16. The SMILES string of the molecule is COc1cc(C(=O)OCCCCC(CO[N+](=O)[O-])O[N+](=O)[O-])ccc1OC(=O)OCC(=O)C1CCC2C3CCC4=CC(=O)CCC4(C)C3C(O)CC12C. The van der Waals surface area contributed by atoms with Crippen LogP contribution in [0, 0.1) is 54.7 Å². The van der Waals surface area contributed by atoms with Gasteiger partial charge in [-0.3, -0.25) is 9.59 Å². The second-order valence-electron chi connectivity index (χ2n) is 14.9. The van der Waals surface area contributed by atoms with Crippen LogP contribution in [0.4, 0.5) is 4.79 Å². The molecule has 3 fully saturated rings. The average Bonchev–Trinajstić information content (AvgIpc) is 3.45. The van der Waals surface area contributed by atoms with Crippen LogP contribution in [-0.2, 0) is 28.7 Å². The van der Waals surface area contributed by atoms with E-state index in [4.69, 9.17) is 18.9 Å². The molecule has 3 saturated carbocycles. The van der Waals surface area contributed by atoms with Gasteiger partial charge in [0, 0.05) is 12.3 Å². The number of ether oxygens (including phenoxy) is 4. The monoisotopic (exact) mass is 746 g/mol. The van der Waals surface area contributed by atoms with E-state index in [2.05, 4.69) is 23.5 Å². The second kappa shape index (κ2) is 16.5. The lowest BCUT2D eigenvalue weighted by Gasteiger charge is -2.59. The number of Topliss-reactive ketones (excluding diaryl/α,β-unsaturated/α-hetero) is 1. The molecule has 4 aliphatic carbocycles. The van der Waals surface area contributed by atoms with E-state index in [1.807, 2.05) is 0 Å². The number of fused-ring (bicyclic) bond motifs is 5. The standard InChI is InChI=1S/C36H46N2O15/c1-35-14-13-23(39)17-22(35)8-9-25-26-10-11-27(36(26,2)18-28(40)32(25)35)29(41)20-50-34(43)52-30-12-7-21(16-31(30)48-3)33(42)49-15-5-4-6-24(53-38(46)47)19-51-37(44)45/h7,12,16-17,24-28,32,40H,4-6,8-11,13-15,18-20H2,1-3H3. The van der Waals surface area contributed by atoms with Crippen molar-refractivity contribution in [2.45, 2.75) is 90.3 Å². The highest BCUT2D eigenvalue weighted by molar-refractivity contribution is 5.92. The van der Waals surface area contributed by atoms with Gasteiger partial charge in [0.2, 0.25) is 0 Å². The topological polar surface area (TPSA) is 230 Å². The van der Waals surface area contributed by atoms with Gasteiger partial charge in [-0.15, -0.1) is 20.2 Å². The highest BCUT2D eigenvalue weighted by Gasteiger charge is 2.63. The summed E-state index contributed by atoms with van der Waals surface area (Å²) in [5.74, 6) is -0.754. The Kier molecular flexibility index (Phi) is 12.2. The molecule has 290 valence electrons. The van der Waals surface area contributed by atoms with Crippen LogP contribution in [0.25, 0.3) is 0 Å². The number of unbranched alkanes of at least 4 members (excludes halogenated alkanes) is 1. The summed E-state index contributed by atoms with van der Waals surface area (Å²) < 4.78 is 21.0. The average molecular weight is 747 g/mol. The molecule has 0 bridgehead atoms. The molecule has 8 unspecified atom stereocenters. The fraction of sp³-hybridized carbons (Fsp3) is 0.667. The van der Waals surface area contributed by atoms with Crippen molar-refractivity contribution in [1.82, 2.24) is 0 Å². The zero-order chi connectivity index (χ0) is 38.5. The van der Waals surface area contributed by atoms with Crippen molar-refractivity contribution in [3.63, 3.8) is 0 Å². The van der Waals surface area contributed by atoms with Crippen LogP contribution in [0.2, 0.25) is 0 Å². The number of carbonyl (C=O) groups excluding carboxylic acids is 4. The van der Waals surface area contributed by atoms with E-state index in [0.717, 1.165) is 31.3 Å². The third-order valence-corrected chi connectivity index (χ3v) is 12.0. The molecular formula is C36H46N2O15. The van der Waals surface area contributed by atoms with Crippen molar-refractivity contribution in [2.75, 3.05) is 26.9 Å². The maximum Gasteiger partial charge on any atom is 0.514 e. The van der Waals surface area contributed by atoms with Crippen LogP contribution in [0.5, 0.6) is 11.5 Å². The highest BCUT2D eigenvalue weighted by atomic mass is 17.0. The molecule has 17 heteroatoms. The van der Waals surface area contributed by atoms with Gasteiger partial charge >= 0.3 is 12.1 Å². The number of aliphatic hydroxyl groups excluding tert-OH is 1. The third-order valence-electron chi connectivity index (χ3n) is 12.0. The van der Waals surface area contributed by atoms with Gasteiger partial charge < -0.3 is 33.7 Å². The largest absolute Gasteiger partial charge is 0.514 e. The number of aliphatic hydroxyl groups is 1. The molecule has 0 amide bonds. The molecule has 8 atom stereocenters. The fourth-order valence-corrected chi connectivity index (χ4v) is 9.60. The normalized spacial score (nSPS) is 29.2. The van der Waals surface area contributed by atoms with E-state index in [9.17, 15) is 44.5 Å². The number of benzene rings is 1. The first-order chi connectivity index (χ1) is 25.2. The number of esters is 1. The van der Waals surface area contributed by atoms with Gasteiger partial charge in [-0.2, -0.15) is 0 Å². The van der Waals surface area contributed by atoms with Crippen molar-refractivity contribution in [3.05, 3.63) is 55.6 Å². The number of allylic oxidation sites excluding steroid dienone is 1. The smallest absolute Gasteiger partial charge is 0.493 e. The quantitative estimate of drug-likeness (QED) is 0.0770. The Morgan fingerprint density at radius 1 is 1.02 bits per heavy atom. The van der Waals surface area contributed by atoms with E-state index in [0.29, 0.717) is 19.3 Å². The Labute approximate surface area is 305 Å². The third kappa shape index (κ3) is 8.71. The molecule has 0 heterocycles. The summed E-state index contributed by atoms with van der Waals surface area (Å²) >= 11 is 0. The fourth-order valence-electron chi connectivity index (χ4n) is 9.60. The molecule has 0 aromatic heterocycles. The second-order valence-corrected chi connectivity index (χ2v) is 14.9. The Morgan fingerprint density at radius 2 is 1.79 bits per heavy atom. The molecule has 0 saturated heterocycles. The van der Waals surface area contributed by atoms with E-state index in [1.54, 1.807) is 6.08 Å². The molecule has 0 aliphatic heterocycles. The maximum atomic E-state index is 13.6. The first kappa shape index (κ1) is 39.4. The summed E-state index contributed by atoms with van der Waals surface area (Å²) in [5, 5.41) is 30.4. The molecule has 17 nitrogen and oxygen atoms in total. The van der Waals surface area contributed by atoms with Gasteiger partial charge in [-0.05, 0) is 111 Å². The summed E-state index contributed by atoms with van der Waals surface area (Å²) in [7, 11) is 1.30. The van der Waals surface area contributed by atoms with Crippen molar-refractivity contribution in [3.8, 4) is 11.5 Å². The van der Waals surface area contributed by atoms with Gasteiger partial charge in [0.1, 0.15) is 12.7 Å². The van der Waals surface area contributed by atoms with Crippen LogP contribution in [0.1, 0.15) is 88.4 Å². The molecule has 0 spiro atoms. The van der Waals surface area contributed by atoms with Crippen molar-refractivity contribution < 1.29 is 63.1 Å². The number of hydrogen-bond donors (Lipinski definition) is 1. The van der Waals surface area contributed by atoms with Crippen molar-refractivity contribution >= 4 is 23.7 Å². The molecule has 1 aromatic rings. The van der Waals surface area contributed by atoms with Gasteiger partial charge in [0.25, 0.3) is 10.2 Å². The Hall–Kier alpha value is -4.80. The predicted octanol–water partition coefficient (Wildman–Crippen LogP) is 5.01. The number of nitrogens with zero attached hydrogens (tertiary/aromatic N) is 2. The lowest BCUT2D eigenvalue weighted by atomic mass is 9.46. The molecule has 0 radical (unpaired) electrons. The lowest BCUT2D eigenvalue weighted by Crippen LogP contribution is -2.57. The van der Waals surface area contributed by atoms with Crippen LogP contribution >= 0.6 is 0 Å². The van der Waals surface area contributed by atoms with Gasteiger partial charge in [0.15, 0.2) is 29.7 Å². The number of rotatable bonds is 16. The van der Waals surface area contributed by atoms with Gasteiger partial charge in [0.05, 0.1) is 25.4 Å². The van der Waals surface area contributed by atoms with Crippen LogP contribution in [0.3, 0.4) is 0 Å².